The van der Waals surface area contributed by atoms with E-state index in [4.69, 9.17) is 14.2 Å². The van der Waals surface area contributed by atoms with Crippen LogP contribution in [0.4, 0.5) is 0 Å². The first-order valence-corrected chi connectivity index (χ1v) is 26.4. The standard InChI is InChI=1S/C53H102O6/c1-5-7-9-11-13-15-17-18-22-25-29-33-37-41-45-52(55)58-48-50(47-57-51(54)44-40-36-32-28-16-14-12-10-8-6-2)59-53(56)46-42-38-34-30-26-23-20-19-21-24-27-31-35-39-43-49(3)4/h49-50H,5-48H2,1-4H3/t50-/m0/s1. The van der Waals surface area contributed by atoms with E-state index < -0.39 is 6.10 Å². The number of ether oxygens (including phenoxy) is 3. The Kier molecular flexibility index (Phi) is 46.2. The molecule has 0 heterocycles. The van der Waals surface area contributed by atoms with Crippen LogP contribution in [0, 0.1) is 5.92 Å². The highest BCUT2D eigenvalue weighted by Crippen LogP contribution is 2.17. The van der Waals surface area contributed by atoms with Gasteiger partial charge in [-0.2, -0.15) is 0 Å². The molecule has 0 unspecified atom stereocenters. The van der Waals surface area contributed by atoms with Crippen molar-refractivity contribution in [1.82, 2.24) is 0 Å². The Labute approximate surface area is 368 Å². The molecular formula is C53H102O6. The quantitative estimate of drug-likeness (QED) is 0.0345. The summed E-state index contributed by atoms with van der Waals surface area (Å²) in [7, 11) is 0. The van der Waals surface area contributed by atoms with Crippen molar-refractivity contribution >= 4 is 17.9 Å². The second-order valence-corrected chi connectivity index (χ2v) is 18.6. The summed E-state index contributed by atoms with van der Waals surface area (Å²) < 4.78 is 16.8. The molecule has 0 aliphatic rings. The largest absolute Gasteiger partial charge is 0.462 e. The third-order valence-corrected chi connectivity index (χ3v) is 12.0. The molecule has 0 aromatic heterocycles. The minimum atomic E-state index is -0.760. The van der Waals surface area contributed by atoms with Gasteiger partial charge >= 0.3 is 17.9 Å². The summed E-state index contributed by atoms with van der Waals surface area (Å²) in [6.07, 6.45) is 49.4. The molecule has 0 aromatic rings. The summed E-state index contributed by atoms with van der Waals surface area (Å²) >= 11 is 0. The molecule has 59 heavy (non-hydrogen) atoms. The second-order valence-electron chi connectivity index (χ2n) is 18.6. The van der Waals surface area contributed by atoms with E-state index in [1.807, 2.05) is 0 Å². The molecule has 0 amide bonds. The lowest BCUT2D eigenvalue weighted by Crippen LogP contribution is -2.30. The summed E-state index contributed by atoms with van der Waals surface area (Å²) in [6.45, 7) is 9.03. The third-order valence-electron chi connectivity index (χ3n) is 12.0. The monoisotopic (exact) mass is 835 g/mol. The van der Waals surface area contributed by atoms with Gasteiger partial charge in [0.05, 0.1) is 0 Å². The smallest absolute Gasteiger partial charge is 0.306 e. The minimum Gasteiger partial charge on any atom is -0.462 e. The molecule has 350 valence electrons. The predicted molar refractivity (Wildman–Crippen MR) is 252 cm³/mol. The first-order valence-electron chi connectivity index (χ1n) is 26.4. The minimum absolute atomic E-state index is 0.0625. The van der Waals surface area contributed by atoms with Gasteiger partial charge in [0, 0.05) is 19.3 Å². The zero-order valence-electron chi connectivity index (χ0n) is 40.2. The lowest BCUT2D eigenvalue weighted by molar-refractivity contribution is -0.167. The molecule has 0 bridgehead atoms. The van der Waals surface area contributed by atoms with Gasteiger partial charge in [-0.25, -0.2) is 0 Å². The van der Waals surface area contributed by atoms with Crippen LogP contribution in [-0.2, 0) is 28.6 Å². The van der Waals surface area contributed by atoms with E-state index in [2.05, 4.69) is 27.7 Å². The maximum atomic E-state index is 12.8. The van der Waals surface area contributed by atoms with E-state index in [9.17, 15) is 14.4 Å². The molecule has 6 nitrogen and oxygen atoms in total. The third kappa shape index (κ3) is 47.3. The van der Waals surface area contributed by atoms with Crippen LogP contribution in [0.3, 0.4) is 0 Å². The van der Waals surface area contributed by atoms with Crippen LogP contribution in [0.25, 0.3) is 0 Å². The van der Waals surface area contributed by atoms with Gasteiger partial charge in [-0.3, -0.25) is 14.4 Å². The molecular weight excluding hydrogens is 733 g/mol. The molecule has 0 spiro atoms. The highest BCUT2D eigenvalue weighted by Gasteiger charge is 2.19. The molecule has 0 N–H and O–H groups in total. The van der Waals surface area contributed by atoms with E-state index in [0.717, 1.165) is 63.7 Å². The fourth-order valence-corrected chi connectivity index (χ4v) is 8.04. The van der Waals surface area contributed by atoms with Gasteiger partial charge in [0.2, 0.25) is 0 Å². The molecule has 0 aliphatic carbocycles. The normalized spacial score (nSPS) is 11.9. The number of unbranched alkanes of at least 4 members (excludes halogenated alkanes) is 35. The summed E-state index contributed by atoms with van der Waals surface area (Å²) in [4.78, 5) is 37.9. The van der Waals surface area contributed by atoms with Crippen LogP contribution in [0.5, 0.6) is 0 Å². The van der Waals surface area contributed by atoms with Crippen molar-refractivity contribution in [2.24, 2.45) is 5.92 Å². The Hall–Kier alpha value is -1.59. The van der Waals surface area contributed by atoms with Gasteiger partial charge in [-0.1, -0.05) is 259 Å². The summed E-state index contributed by atoms with van der Waals surface area (Å²) in [6, 6.07) is 0. The fraction of sp³-hybridized carbons (Fsp3) is 0.943. The van der Waals surface area contributed by atoms with Crippen molar-refractivity contribution in [1.29, 1.82) is 0 Å². The zero-order valence-corrected chi connectivity index (χ0v) is 40.2. The first-order chi connectivity index (χ1) is 28.9. The average molecular weight is 835 g/mol. The van der Waals surface area contributed by atoms with Crippen LogP contribution < -0.4 is 0 Å². The van der Waals surface area contributed by atoms with Crippen LogP contribution in [0.2, 0.25) is 0 Å². The summed E-state index contributed by atoms with van der Waals surface area (Å²) in [5.41, 5.74) is 0. The van der Waals surface area contributed by atoms with Crippen molar-refractivity contribution in [3.05, 3.63) is 0 Å². The van der Waals surface area contributed by atoms with E-state index in [1.54, 1.807) is 0 Å². The van der Waals surface area contributed by atoms with Crippen molar-refractivity contribution in [3.63, 3.8) is 0 Å². The lowest BCUT2D eigenvalue weighted by Gasteiger charge is -2.18. The highest BCUT2D eigenvalue weighted by molar-refractivity contribution is 5.71. The van der Waals surface area contributed by atoms with Crippen molar-refractivity contribution in [2.45, 2.75) is 303 Å². The molecule has 0 saturated carbocycles. The van der Waals surface area contributed by atoms with Gasteiger partial charge < -0.3 is 14.2 Å². The van der Waals surface area contributed by atoms with E-state index in [1.165, 1.54) is 193 Å². The molecule has 0 aliphatic heterocycles. The second kappa shape index (κ2) is 47.5. The zero-order chi connectivity index (χ0) is 43.1. The predicted octanol–water partition coefficient (Wildman–Crippen LogP) is 17.1. The molecule has 0 rings (SSSR count). The summed E-state index contributed by atoms with van der Waals surface area (Å²) in [5, 5.41) is 0. The van der Waals surface area contributed by atoms with Gasteiger partial charge in [-0.15, -0.1) is 0 Å². The molecule has 0 saturated heterocycles. The molecule has 0 radical (unpaired) electrons. The van der Waals surface area contributed by atoms with Crippen molar-refractivity contribution < 1.29 is 28.6 Å². The van der Waals surface area contributed by atoms with E-state index >= 15 is 0 Å². The number of carbonyl (C=O) groups is 3. The van der Waals surface area contributed by atoms with Crippen LogP contribution in [0.15, 0.2) is 0 Å². The Balaban J connectivity index is 4.27. The number of esters is 3. The Morgan fingerprint density at radius 2 is 0.559 bits per heavy atom. The molecule has 0 aromatic carbocycles. The van der Waals surface area contributed by atoms with Gasteiger partial charge in [0.1, 0.15) is 13.2 Å². The van der Waals surface area contributed by atoms with Crippen LogP contribution >= 0.6 is 0 Å². The number of hydrogen-bond acceptors (Lipinski definition) is 6. The fourth-order valence-electron chi connectivity index (χ4n) is 8.04. The van der Waals surface area contributed by atoms with Crippen LogP contribution in [-0.4, -0.2) is 37.2 Å². The van der Waals surface area contributed by atoms with Gasteiger partial charge in [-0.05, 0) is 25.2 Å². The molecule has 0 fully saturated rings. The van der Waals surface area contributed by atoms with E-state index in [0.29, 0.717) is 19.3 Å². The molecule has 1 atom stereocenters. The Morgan fingerprint density at radius 1 is 0.322 bits per heavy atom. The Bertz CT molecular complexity index is 887. The van der Waals surface area contributed by atoms with E-state index in [-0.39, 0.29) is 31.1 Å². The molecule has 6 heteroatoms. The summed E-state index contributed by atoms with van der Waals surface area (Å²) in [5.74, 6) is -0.000167. The first kappa shape index (κ1) is 57.4. The lowest BCUT2D eigenvalue weighted by atomic mass is 10.0. The SMILES string of the molecule is CCCCCCCCCCCCCCCCC(=O)OC[C@H](COC(=O)CCCCCCCCCCCC)OC(=O)CCCCCCCCCCCCCCCCC(C)C. The average Bonchev–Trinajstić information content (AvgIpc) is 3.22. The number of carbonyl (C=O) groups excluding carboxylic acids is 3. The van der Waals surface area contributed by atoms with Crippen molar-refractivity contribution in [3.8, 4) is 0 Å². The van der Waals surface area contributed by atoms with Gasteiger partial charge in [0.25, 0.3) is 0 Å². The topological polar surface area (TPSA) is 78.9 Å². The van der Waals surface area contributed by atoms with Crippen LogP contribution in [0.1, 0.15) is 297 Å². The van der Waals surface area contributed by atoms with Crippen molar-refractivity contribution in [2.75, 3.05) is 13.2 Å². The maximum Gasteiger partial charge on any atom is 0.306 e. The maximum absolute atomic E-state index is 12.8. The number of rotatable bonds is 48. The van der Waals surface area contributed by atoms with Gasteiger partial charge in [0.15, 0.2) is 6.10 Å². The Morgan fingerprint density at radius 3 is 0.831 bits per heavy atom. The number of hydrogen-bond donors (Lipinski definition) is 0. The highest BCUT2D eigenvalue weighted by atomic mass is 16.6.